The van der Waals surface area contributed by atoms with Crippen molar-refractivity contribution < 1.29 is 18.9 Å². The highest BCUT2D eigenvalue weighted by Gasteiger charge is 2.41. The van der Waals surface area contributed by atoms with E-state index in [2.05, 4.69) is 21.0 Å². The molecule has 0 amide bonds. The van der Waals surface area contributed by atoms with Crippen LogP contribution in [0.15, 0.2) is 85.0 Å². The van der Waals surface area contributed by atoms with Gasteiger partial charge in [-0.15, -0.1) is 0 Å². The number of nitrogen functional groups attached to an aromatic ring is 1. The Morgan fingerprint density at radius 3 is 2.31 bits per heavy atom. The summed E-state index contributed by atoms with van der Waals surface area (Å²) in [7, 11) is 1.60. The third kappa shape index (κ3) is 5.29. The number of fused-ring (bicyclic) bond motifs is 1. The number of methoxy groups -OCH3 is 1. The minimum absolute atomic E-state index is 0.117. The molecule has 9 nitrogen and oxygen atoms in total. The summed E-state index contributed by atoms with van der Waals surface area (Å²) in [6.07, 6.45) is 4.53. The number of ether oxygens (including phenoxy) is 4. The standard InChI is InChI=1S/C27H29N5O4/c1-33-18-36-25-21(15-34-13-19-8-4-2-5-9-19)12-22(35-14-20-10-6-3-7-11-20)24(25)32-17-31-23-26(28)29-16-30-27(23)32/h2-12,16-17,22,24-25H,13-15,18H2,1H3,(H2,28,29,30)/t22-,24+,25+/m1/s1. The van der Waals surface area contributed by atoms with E-state index in [0.29, 0.717) is 36.8 Å². The molecule has 3 atom stereocenters. The summed E-state index contributed by atoms with van der Waals surface area (Å²) >= 11 is 0. The van der Waals surface area contributed by atoms with Gasteiger partial charge in [0.15, 0.2) is 11.5 Å². The van der Waals surface area contributed by atoms with Crippen LogP contribution in [-0.4, -0.2) is 52.2 Å². The second kappa shape index (κ2) is 11.4. The lowest BCUT2D eigenvalue weighted by Gasteiger charge is -2.28. The monoisotopic (exact) mass is 487 g/mol. The number of anilines is 1. The van der Waals surface area contributed by atoms with Crippen LogP contribution in [0.4, 0.5) is 5.82 Å². The molecule has 186 valence electrons. The lowest BCUT2D eigenvalue weighted by Crippen LogP contribution is -2.33. The quantitative estimate of drug-likeness (QED) is 0.252. The fraction of sp³-hybridized carbons (Fsp3) is 0.296. The SMILES string of the molecule is COCO[C@H]1C(COCc2ccccc2)=C[C@@H](OCc2ccccc2)[C@@H]1n1cnc2c(N)ncnc21. The molecule has 9 heteroatoms. The third-order valence-electron chi connectivity index (χ3n) is 6.13. The molecule has 5 rings (SSSR count). The van der Waals surface area contributed by atoms with E-state index in [1.165, 1.54) is 6.33 Å². The van der Waals surface area contributed by atoms with Gasteiger partial charge in [-0.3, -0.25) is 0 Å². The number of rotatable bonds is 11. The summed E-state index contributed by atoms with van der Waals surface area (Å²) in [5.41, 5.74) is 10.4. The maximum Gasteiger partial charge on any atom is 0.165 e. The van der Waals surface area contributed by atoms with Gasteiger partial charge in [0.2, 0.25) is 0 Å². The molecule has 0 spiro atoms. The molecule has 0 saturated heterocycles. The van der Waals surface area contributed by atoms with Gasteiger partial charge in [0.05, 0.1) is 32.2 Å². The van der Waals surface area contributed by atoms with Crippen molar-refractivity contribution in [1.29, 1.82) is 0 Å². The van der Waals surface area contributed by atoms with Crippen LogP contribution in [0.2, 0.25) is 0 Å². The van der Waals surface area contributed by atoms with E-state index in [4.69, 9.17) is 24.7 Å². The van der Waals surface area contributed by atoms with Gasteiger partial charge in [-0.1, -0.05) is 60.7 Å². The normalized spacial score (nSPS) is 19.6. The molecule has 2 aromatic heterocycles. The van der Waals surface area contributed by atoms with E-state index < -0.39 is 0 Å². The lowest BCUT2D eigenvalue weighted by molar-refractivity contribution is -0.0898. The van der Waals surface area contributed by atoms with Gasteiger partial charge in [-0.05, 0) is 22.8 Å². The van der Waals surface area contributed by atoms with Crippen LogP contribution in [0.1, 0.15) is 17.2 Å². The summed E-state index contributed by atoms with van der Waals surface area (Å²) < 4.78 is 25.9. The van der Waals surface area contributed by atoms with Crippen LogP contribution in [-0.2, 0) is 32.2 Å². The predicted molar refractivity (Wildman–Crippen MR) is 135 cm³/mol. The van der Waals surface area contributed by atoms with Gasteiger partial charge in [0.1, 0.15) is 30.8 Å². The van der Waals surface area contributed by atoms with Gasteiger partial charge in [-0.2, -0.15) is 0 Å². The fourth-order valence-corrected chi connectivity index (χ4v) is 4.44. The van der Waals surface area contributed by atoms with Crippen LogP contribution in [0.5, 0.6) is 0 Å². The molecule has 4 aromatic rings. The number of nitrogens with two attached hydrogens (primary N) is 1. The Balaban J connectivity index is 1.44. The fourth-order valence-electron chi connectivity index (χ4n) is 4.44. The largest absolute Gasteiger partial charge is 0.382 e. The van der Waals surface area contributed by atoms with Crippen LogP contribution >= 0.6 is 0 Å². The Labute approximate surface area is 209 Å². The van der Waals surface area contributed by atoms with Gasteiger partial charge in [-0.25, -0.2) is 15.0 Å². The van der Waals surface area contributed by atoms with Gasteiger partial charge in [0, 0.05) is 7.11 Å². The zero-order chi connectivity index (χ0) is 24.7. The topological polar surface area (TPSA) is 107 Å². The molecule has 0 unspecified atom stereocenters. The maximum absolute atomic E-state index is 6.43. The second-order valence-electron chi connectivity index (χ2n) is 8.55. The van der Waals surface area contributed by atoms with Crippen molar-refractivity contribution >= 4 is 17.0 Å². The van der Waals surface area contributed by atoms with Crippen LogP contribution < -0.4 is 5.73 Å². The minimum atomic E-state index is -0.380. The molecule has 0 fully saturated rings. The smallest absolute Gasteiger partial charge is 0.165 e. The van der Waals surface area contributed by atoms with E-state index in [0.717, 1.165) is 16.7 Å². The maximum atomic E-state index is 6.43. The summed E-state index contributed by atoms with van der Waals surface area (Å²) in [5.74, 6) is 0.326. The summed E-state index contributed by atoms with van der Waals surface area (Å²) in [6.45, 7) is 1.44. The zero-order valence-electron chi connectivity index (χ0n) is 20.1. The Morgan fingerprint density at radius 2 is 1.58 bits per heavy atom. The number of hydrogen-bond donors (Lipinski definition) is 1. The van der Waals surface area contributed by atoms with Crippen molar-refractivity contribution in [3.63, 3.8) is 0 Å². The summed E-state index contributed by atoms with van der Waals surface area (Å²) in [4.78, 5) is 13.0. The van der Waals surface area contributed by atoms with E-state index in [1.807, 2.05) is 65.2 Å². The van der Waals surface area contributed by atoms with Crippen LogP contribution in [0.25, 0.3) is 11.2 Å². The Hall–Kier alpha value is -3.63. The molecule has 0 aliphatic heterocycles. The summed E-state index contributed by atoms with van der Waals surface area (Å²) in [6, 6.07) is 19.8. The van der Waals surface area contributed by atoms with Crippen molar-refractivity contribution in [3.05, 3.63) is 96.1 Å². The number of imidazole rings is 1. The lowest BCUT2D eigenvalue weighted by atomic mass is 10.1. The Kier molecular flexibility index (Phi) is 7.63. The average molecular weight is 488 g/mol. The first-order valence-electron chi connectivity index (χ1n) is 11.8. The Bertz CT molecular complexity index is 1300. The molecule has 2 N–H and O–H groups in total. The van der Waals surface area contributed by atoms with E-state index in [-0.39, 0.29) is 25.0 Å². The molecule has 2 aromatic carbocycles. The highest BCUT2D eigenvalue weighted by atomic mass is 16.7. The molecule has 1 aliphatic carbocycles. The first-order valence-corrected chi connectivity index (χ1v) is 11.8. The second-order valence-corrected chi connectivity index (χ2v) is 8.55. The van der Waals surface area contributed by atoms with Crippen molar-refractivity contribution in [2.45, 2.75) is 31.5 Å². The van der Waals surface area contributed by atoms with Gasteiger partial charge < -0.3 is 29.2 Å². The first kappa shape index (κ1) is 24.1. The number of nitrogens with zero attached hydrogens (tertiary/aromatic N) is 4. The number of hydrogen-bond acceptors (Lipinski definition) is 8. The minimum Gasteiger partial charge on any atom is -0.382 e. The van der Waals surface area contributed by atoms with E-state index in [9.17, 15) is 0 Å². The molecule has 36 heavy (non-hydrogen) atoms. The van der Waals surface area contributed by atoms with Crippen molar-refractivity contribution in [3.8, 4) is 0 Å². The molecule has 2 heterocycles. The summed E-state index contributed by atoms with van der Waals surface area (Å²) in [5, 5.41) is 0. The van der Waals surface area contributed by atoms with E-state index in [1.54, 1.807) is 13.4 Å². The zero-order valence-corrected chi connectivity index (χ0v) is 20.1. The molecular weight excluding hydrogens is 458 g/mol. The molecule has 1 aliphatic rings. The van der Waals surface area contributed by atoms with Crippen LogP contribution in [0, 0.1) is 0 Å². The predicted octanol–water partition coefficient (Wildman–Crippen LogP) is 3.68. The van der Waals surface area contributed by atoms with Crippen molar-refractivity contribution in [2.24, 2.45) is 0 Å². The molecule has 0 saturated carbocycles. The van der Waals surface area contributed by atoms with Crippen LogP contribution in [0.3, 0.4) is 0 Å². The average Bonchev–Trinajstić information content (AvgIpc) is 3.49. The molecular formula is C27H29N5O4. The highest BCUT2D eigenvalue weighted by molar-refractivity contribution is 5.81. The van der Waals surface area contributed by atoms with Crippen molar-refractivity contribution in [2.75, 3.05) is 26.2 Å². The highest BCUT2D eigenvalue weighted by Crippen LogP contribution is 2.37. The van der Waals surface area contributed by atoms with Gasteiger partial charge >= 0.3 is 0 Å². The third-order valence-corrected chi connectivity index (χ3v) is 6.13. The number of benzene rings is 2. The molecule has 0 bridgehead atoms. The first-order chi connectivity index (χ1) is 17.7. The molecule has 0 radical (unpaired) electrons. The Morgan fingerprint density at radius 1 is 0.861 bits per heavy atom. The number of aromatic nitrogens is 4. The van der Waals surface area contributed by atoms with Crippen molar-refractivity contribution in [1.82, 2.24) is 19.5 Å². The van der Waals surface area contributed by atoms with E-state index >= 15 is 0 Å². The van der Waals surface area contributed by atoms with Gasteiger partial charge in [0.25, 0.3) is 0 Å².